The lowest BCUT2D eigenvalue weighted by Gasteiger charge is -2.05. The van der Waals surface area contributed by atoms with E-state index in [9.17, 15) is 18.0 Å². The van der Waals surface area contributed by atoms with Crippen LogP contribution in [0.2, 0.25) is 0 Å². The third kappa shape index (κ3) is 2.90. The zero-order chi connectivity index (χ0) is 13.3. The molecule has 0 saturated heterocycles. The van der Waals surface area contributed by atoms with Crippen LogP contribution in [0.15, 0.2) is 18.2 Å². The molecule has 0 radical (unpaired) electrons. The Bertz CT molecular complexity index is 626. The predicted molar refractivity (Wildman–Crippen MR) is 60.2 cm³/mol. The number of hydrogen-bond donors (Lipinski definition) is 1. The smallest absolute Gasteiger partial charge is 0.427 e. The van der Waals surface area contributed by atoms with Crippen LogP contribution < -0.4 is 14.2 Å². The van der Waals surface area contributed by atoms with E-state index in [0.717, 1.165) is 0 Å². The number of carbonyl (C=O) groups excluding carboxylic acids is 2. The Labute approximate surface area is 106 Å². The van der Waals surface area contributed by atoms with Gasteiger partial charge in [0, 0.05) is 16.7 Å². The summed E-state index contributed by atoms with van der Waals surface area (Å²) in [6, 6.07) is 4.06. The van der Waals surface area contributed by atoms with Gasteiger partial charge < -0.3 is 9.47 Å². The zero-order valence-electron chi connectivity index (χ0n) is 8.67. The van der Waals surface area contributed by atoms with Crippen LogP contribution in [-0.4, -0.2) is 26.9 Å². The molecule has 1 aromatic rings. The number of amides is 1. The summed E-state index contributed by atoms with van der Waals surface area (Å²) in [7, 11) is 0.597. The van der Waals surface area contributed by atoms with Gasteiger partial charge in [-0.3, -0.25) is 4.79 Å². The molecule has 1 aromatic carbocycles. The summed E-state index contributed by atoms with van der Waals surface area (Å²) in [6.45, 7) is -0.0684. The molecule has 0 saturated carbocycles. The SMILES string of the molecule is O=C(NS(=O)(=O)Cl)Oc1ccc2c(c1)OCC2=O. The number of carbonyl (C=O) groups is 2. The van der Waals surface area contributed by atoms with E-state index in [0.29, 0.717) is 5.56 Å². The number of hydrogen-bond acceptors (Lipinski definition) is 6. The second-order valence-electron chi connectivity index (χ2n) is 3.30. The van der Waals surface area contributed by atoms with Crippen molar-refractivity contribution in [3.05, 3.63) is 23.8 Å². The molecule has 0 spiro atoms. The van der Waals surface area contributed by atoms with Crippen LogP contribution in [-0.2, 0) is 9.24 Å². The molecular formula is C9H6ClNO6S. The molecule has 1 N–H and O–H groups in total. The minimum atomic E-state index is -4.20. The largest absolute Gasteiger partial charge is 0.485 e. The highest BCUT2D eigenvalue weighted by atomic mass is 35.7. The van der Waals surface area contributed by atoms with Crippen molar-refractivity contribution >= 4 is 31.8 Å². The Morgan fingerprint density at radius 3 is 2.83 bits per heavy atom. The van der Waals surface area contributed by atoms with Crippen LogP contribution in [0.25, 0.3) is 0 Å². The average molecular weight is 292 g/mol. The number of rotatable bonds is 2. The van der Waals surface area contributed by atoms with Gasteiger partial charge in [0.25, 0.3) is 0 Å². The van der Waals surface area contributed by atoms with Gasteiger partial charge in [-0.2, -0.15) is 8.42 Å². The van der Waals surface area contributed by atoms with E-state index >= 15 is 0 Å². The van der Waals surface area contributed by atoms with Crippen molar-refractivity contribution in [1.29, 1.82) is 0 Å². The van der Waals surface area contributed by atoms with Gasteiger partial charge in [-0.25, -0.2) is 9.52 Å². The number of halogens is 1. The van der Waals surface area contributed by atoms with Crippen LogP contribution >= 0.6 is 10.7 Å². The van der Waals surface area contributed by atoms with Crippen molar-refractivity contribution in [3.8, 4) is 11.5 Å². The summed E-state index contributed by atoms with van der Waals surface area (Å²) < 4.78 is 32.2. The van der Waals surface area contributed by atoms with Crippen molar-refractivity contribution in [1.82, 2.24) is 4.72 Å². The molecular weight excluding hydrogens is 286 g/mol. The molecule has 0 fully saturated rings. The summed E-state index contributed by atoms with van der Waals surface area (Å²) in [6.07, 6.45) is -1.26. The van der Waals surface area contributed by atoms with Crippen molar-refractivity contribution in [2.45, 2.75) is 0 Å². The number of Topliss-reactive ketones (excluding diaryl/α,β-unsaturated/α-hetero) is 1. The maximum absolute atomic E-state index is 11.2. The minimum absolute atomic E-state index is 0.0290. The third-order valence-corrected chi connectivity index (χ3v) is 2.67. The topological polar surface area (TPSA) is 98.8 Å². The van der Waals surface area contributed by atoms with E-state index in [1.807, 2.05) is 0 Å². The molecule has 0 aromatic heterocycles. The highest BCUT2D eigenvalue weighted by molar-refractivity contribution is 8.12. The fraction of sp³-hybridized carbons (Fsp3) is 0.111. The molecule has 7 nitrogen and oxygen atoms in total. The lowest BCUT2D eigenvalue weighted by molar-refractivity contribution is 0.0961. The lowest BCUT2D eigenvalue weighted by atomic mass is 10.1. The first-order valence-corrected chi connectivity index (χ1v) is 6.90. The van der Waals surface area contributed by atoms with E-state index in [1.54, 1.807) is 0 Å². The van der Waals surface area contributed by atoms with Gasteiger partial charge in [-0.15, -0.1) is 0 Å². The Morgan fingerprint density at radius 2 is 2.17 bits per heavy atom. The molecule has 2 rings (SSSR count). The van der Waals surface area contributed by atoms with E-state index in [-0.39, 0.29) is 23.9 Å². The molecule has 1 heterocycles. The first kappa shape index (κ1) is 12.7. The summed E-state index contributed by atoms with van der Waals surface area (Å²) in [4.78, 5) is 22.3. The maximum atomic E-state index is 11.2. The highest BCUT2D eigenvalue weighted by Gasteiger charge is 2.22. The van der Waals surface area contributed by atoms with Crippen LogP contribution in [0, 0.1) is 0 Å². The molecule has 96 valence electrons. The fourth-order valence-corrected chi connectivity index (χ4v) is 1.79. The third-order valence-electron chi connectivity index (χ3n) is 2.03. The summed E-state index contributed by atoms with van der Waals surface area (Å²) in [5.41, 5.74) is 0.382. The van der Waals surface area contributed by atoms with E-state index < -0.39 is 15.3 Å². The van der Waals surface area contributed by atoms with Gasteiger partial charge in [0.1, 0.15) is 11.5 Å². The normalized spacial score (nSPS) is 13.7. The van der Waals surface area contributed by atoms with Crippen molar-refractivity contribution in [2.75, 3.05) is 6.61 Å². The van der Waals surface area contributed by atoms with Crippen molar-refractivity contribution in [3.63, 3.8) is 0 Å². The second-order valence-corrected chi connectivity index (χ2v) is 5.60. The fourth-order valence-electron chi connectivity index (χ4n) is 1.36. The number of ether oxygens (including phenoxy) is 2. The molecule has 1 amide bonds. The Hall–Kier alpha value is -1.80. The highest BCUT2D eigenvalue weighted by Crippen LogP contribution is 2.29. The predicted octanol–water partition coefficient (Wildman–Crippen LogP) is 0.834. The molecule has 0 atom stereocenters. The molecule has 0 aliphatic carbocycles. The molecule has 0 unspecified atom stereocenters. The summed E-state index contributed by atoms with van der Waals surface area (Å²) in [5.74, 6) is 0.129. The Balaban J connectivity index is 2.12. The standard InChI is InChI=1S/C9H6ClNO6S/c10-18(14,15)11-9(13)17-5-1-2-6-7(12)4-16-8(6)3-5/h1-3H,4H2,(H,11,13). The lowest BCUT2D eigenvalue weighted by Crippen LogP contribution is -2.29. The van der Waals surface area contributed by atoms with Gasteiger partial charge in [0.15, 0.2) is 6.61 Å². The van der Waals surface area contributed by atoms with Gasteiger partial charge in [-0.1, -0.05) is 0 Å². The van der Waals surface area contributed by atoms with E-state index in [2.05, 4.69) is 4.74 Å². The number of ketones is 1. The molecule has 1 aliphatic heterocycles. The summed E-state index contributed by atoms with van der Waals surface area (Å²) >= 11 is 0. The van der Waals surface area contributed by atoms with Crippen molar-refractivity contribution in [2.24, 2.45) is 0 Å². The van der Waals surface area contributed by atoms with Crippen LogP contribution in [0.4, 0.5) is 4.79 Å². The molecule has 9 heteroatoms. The number of fused-ring (bicyclic) bond motifs is 1. The molecule has 18 heavy (non-hydrogen) atoms. The first-order chi connectivity index (χ1) is 8.35. The van der Waals surface area contributed by atoms with Crippen LogP contribution in [0.1, 0.15) is 10.4 Å². The quantitative estimate of drug-likeness (QED) is 0.810. The van der Waals surface area contributed by atoms with Crippen LogP contribution in [0.3, 0.4) is 0 Å². The molecule has 0 bridgehead atoms. The minimum Gasteiger partial charge on any atom is -0.485 e. The van der Waals surface area contributed by atoms with Crippen LogP contribution in [0.5, 0.6) is 11.5 Å². The zero-order valence-corrected chi connectivity index (χ0v) is 10.2. The molecule has 1 aliphatic rings. The van der Waals surface area contributed by atoms with E-state index in [1.165, 1.54) is 22.9 Å². The monoisotopic (exact) mass is 291 g/mol. The Morgan fingerprint density at radius 1 is 1.44 bits per heavy atom. The number of nitrogens with one attached hydrogen (secondary N) is 1. The average Bonchev–Trinajstić information content (AvgIpc) is 2.57. The van der Waals surface area contributed by atoms with Crippen molar-refractivity contribution < 1.29 is 27.5 Å². The summed E-state index contributed by atoms with van der Waals surface area (Å²) in [5, 5.41) is 0. The maximum Gasteiger partial charge on any atom is 0.427 e. The second kappa shape index (κ2) is 4.46. The van der Waals surface area contributed by atoms with Gasteiger partial charge >= 0.3 is 15.3 Å². The first-order valence-electron chi connectivity index (χ1n) is 4.59. The number of benzene rings is 1. The van der Waals surface area contributed by atoms with Gasteiger partial charge in [0.05, 0.1) is 5.56 Å². The van der Waals surface area contributed by atoms with Gasteiger partial charge in [0.2, 0.25) is 5.78 Å². The van der Waals surface area contributed by atoms with Gasteiger partial charge in [-0.05, 0) is 12.1 Å². The Kier molecular flexibility index (Phi) is 3.14. The van der Waals surface area contributed by atoms with E-state index in [4.69, 9.17) is 15.4 Å².